The van der Waals surface area contributed by atoms with Crippen LogP contribution in [0.15, 0.2) is 35.1 Å². The first-order valence-electron chi connectivity index (χ1n) is 9.90. The van der Waals surface area contributed by atoms with Gasteiger partial charge in [-0.05, 0) is 57.7 Å². The van der Waals surface area contributed by atoms with Gasteiger partial charge in [0.25, 0.3) is 5.56 Å². The van der Waals surface area contributed by atoms with Crippen LogP contribution >= 0.6 is 0 Å². The highest BCUT2D eigenvalue weighted by Crippen LogP contribution is 2.24. The maximum atomic E-state index is 12.9. The van der Waals surface area contributed by atoms with E-state index in [1.807, 2.05) is 49.9 Å². The van der Waals surface area contributed by atoms with E-state index in [1.54, 1.807) is 15.3 Å². The van der Waals surface area contributed by atoms with Gasteiger partial charge < -0.3 is 4.90 Å². The van der Waals surface area contributed by atoms with Crippen LogP contribution in [0.4, 0.5) is 0 Å². The van der Waals surface area contributed by atoms with Crippen LogP contribution in [0.2, 0.25) is 0 Å². The Kier molecular flexibility index (Phi) is 4.79. The molecule has 0 unspecified atom stereocenters. The van der Waals surface area contributed by atoms with Crippen molar-refractivity contribution in [3.05, 3.63) is 57.5 Å². The van der Waals surface area contributed by atoms with E-state index in [0.29, 0.717) is 5.65 Å². The van der Waals surface area contributed by atoms with E-state index in [-0.39, 0.29) is 18.0 Å². The van der Waals surface area contributed by atoms with Crippen LogP contribution in [-0.4, -0.2) is 38.2 Å². The van der Waals surface area contributed by atoms with Gasteiger partial charge in [-0.1, -0.05) is 17.7 Å². The average molecular weight is 378 g/mol. The molecule has 28 heavy (non-hydrogen) atoms. The van der Waals surface area contributed by atoms with Gasteiger partial charge in [-0.25, -0.2) is 4.68 Å². The number of aromatic nitrogens is 3. The SMILES string of the molecule is Cc1ccc(-n2nc(C)c3c(C)cc(=O)n(CC(=O)N4CCCCC4)c32)cc1. The van der Waals surface area contributed by atoms with E-state index < -0.39 is 0 Å². The number of nitrogens with zero attached hydrogens (tertiary/aromatic N) is 4. The van der Waals surface area contributed by atoms with Gasteiger partial charge >= 0.3 is 0 Å². The number of likely N-dealkylation sites (tertiary alicyclic amines) is 1. The van der Waals surface area contributed by atoms with Crippen LogP contribution in [0.3, 0.4) is 0 Å². The number of benzene rings is 1. The van der Waals surface area contributed by atoms with E-state index in [9.17, 15) is 9.59 Å². The molecule has 3 heterocycles. The first kappa shape index (κ1) is 18.5. The van der Waals surface area contributed by atoms with Gasteiger partial charge in [-0.3, -0.25) is 14.2 Å². The summed E-state index contributed by atoms with van der Waals surface area (Å²) in [6, 6.07) is 9.64. The minimum absolute atomic E-state index is 0.00117. The molecule has 2 aromatic heterocycles. The summed E-state index contributed by atoms with van der Waals surface area (Å²) in [6.45, 7) is 7.51. The molecule has 0 radical (unpaired) electrons. The molecule has 0 atom stereocenters. The van der Waals surface area contributed by atoms with Crippen LogP contribution in [0.5, 0.6) is 0 Å². The molecule has 0 N–H and O–H groups in total. The lowest BCUT2D eigenvalue weighted by atomic mass is 10.1. The Bertz CT molecular complexity index is 1090. The van der Waals surface area contributed by atoms with Crippen molar-refractivity contribution in [1.82, 2.24) is 19.2 Å². The van der Waals surface area contributed by atoms with Crippen molar-refractivity contribution in [1.29, 1.82) is 0 Å². The number of hydrogen-bond donors (Lipinski definition) is 0. The minimum atomic E-state index is -0.163. The Morgan fingerprint density at radius 3 is 2.39 bits per heavy atom. The predicted octanol–water partition coefficient (Wildman–Crippen LogP) is 3.12. The molecule has 3 aromatic rings. The van der Waals surface area contributed by atoms with Crippen molar-refractivity contribution in [2.75, 3.05) is 13.1 Å². The molecule has 146 valence electrons. The fourth-order valence-electron chi connectivity index (χ4n) is 4.06. The Morgan fingerprint density at radius 1 is 1.04 bits per heavy atom. The molecule has 6 nitrogen and oxygen atoms in total. The third-order valence-corrected chi connectivity index (χ3v) is 5.57. The molecular formula is C22H26N4O2. The van der Waals surface area contributed by atoms with Crippen LogP contribution in [0.25, 0.3) is 16.7 Å². The zero-order valence-corrected chi connectivity index (χ0v) is 16.7. The molecule has 1 amide bonds. The lowest BCUT2D eigenvalue weighted by Crippen LogP contribution is -2.39. The van der Waals surface area contributed by atoms with Crippen molar-refractivity contribution in [3.63, 3.8) is 0 Å². The standard InChI is InChI=1S/C22H26N4O2/c1-15-7-9-18(10-8-15)26-22-21(17(3)23-26)16(2)13-19(27)25(22)14-20(28)24-11-5-4-6-12-24/h7-10,13H,4-6,11-12,14H2,1-3H3. The molecule has 1 aliphatic heterocycles. The maximum Gasteiger partial charge on any atom is 0.252 e. The second kappa shape index (κ2) is 7.26. The van der Waals surface area contributed by atoms with Crippen LogP contribution in [0, 0.1) is 20.8 Å². The summed E-state index contributed by atoms with van der Waals surface area (Å²) < 4.78 is 3.38. The van der Waals surface area contributed by atoms with Crippen LogP contribution in [-0.2, 0) is 11.3 Å². The summed E-state index contributed by atoms with van der Waals surface area (Å²) in [5.41, 5.74) is 4.31. The Labute approximate surface area is 164 Å². The third-order valence-electron chi connectivity index (χ3n) is 5.57. The highest BCUT2D eigenvalue weighted by Gasteiger charge is 2.22. The maximum absolute atomic E-state index is 12.9. The second-order valence-electron chi connectivity index (χ2n) is 7.72. The lowest BCUT2D eigenvalue weighted by Gasteiger charge is -2.27. The smallest absolute Gasteiger partial charge is 0.252 e. The van der Waals surface area contributed by atoms with Crippen molar-refractivity contribution in [2.24, 2.45) is 0 Å². The summed E-state index contributed by atoms with van der Waals surface area (Å²) in [4.78, 5) is 27.6. The number of piperidine rings is 1. The molecule has 0 aliphatic carbocycles. The van der Waals surface area contributed by atoms with Gasteiger partial charge in [0.15, 0.2) is 0 Å². The number of aryl methyl sites for hydroxylation is 3. The Hall–Kier alpha value is -2.89. The van der Waals surface area contributed by atoms with Crippen molar-refractivity contribution < 1.29 is 4.79 Å². The molecule has 6 heteroatoms. The number of rotatable bonds is 3. The fraction of sp³-hybridized carbons (Fsp3) is 0.409. The second-order valence-corrected chi connectivity index (χ2v) is 7.72. The third kappa shape index (κ3) is 3.23. The van der Waals surface area contributed by atoms with Gasteiger partial charge in [0.05, 0.1) is 11.4 Å². The molecule has 1 aromatic carbocycles. The highest BCUT2D eigenvalue weighted by molar-refractivity contribution is 5.85. The molecular weight excluding hydrogens is 352 g/mol. The lowest BCUT2D eigenvalue weighted by molar-refractivity contribution is -0.132. The molecule has 0 bridgehead atoms. The number of hydrogen-bond acceptors (Lipinski definition) is 3. The van der Waals surface area contributed by atoms with Crippen molar-refractivity contribution in [3.8, 4) is 5.69 Å². The quantitative estimate of drug-likeness (QED) is 0.704. The Balaban J connectivity index is 1.86. The van der Waals surface area contributed by atoms with E-state index in [1.165, 1.54) is 0 Å². The molecule has 4 rings (SSSR count). The summed E-state index contributed by atoms with van der Waals surface area (Å²) in [7, 11) is 0. The fourth-order valence-corrected chi connectivity index (χ4v) is 4.06. The number of carbonyl (C=O) groups is 1. The zero-order valence-electron chi connectivity index (χ0n) is 16.7. The van der Waals surface area contributed by atoms with Crippen LogP contribution in [0.1, 0.15) is 36.1 Å². The summed E-state index contributed by atoms with van der Waals surface area (Å²) in [5.74, 6) is 0.00117. The summed E-state index contributed by atoms with van der Waals surface area (Å²) in [5, 5.41) is 5.64. The predicted molar refractivity (Wildman–Crippen MR) is 110 cm³/mol. The zero-order chi connectivity index (χ0) is 19.8. The van der Waals surface area contributed by atoms with E-state index in [4.69, 9.17) is 5.10 Å². The highest BCUT2D eigenvalue weighted by atomic mass is 16.2. The summed E-state index contributed by atoms with van der Waals surface area (Å²) >= 11 is 0. The van der Waals surface area contributed by atoms with E-state index in [2.05, 4.69) is 0 Å². The minimum Gasteiger partial charge on any atom is -0.341 e. The first-order valence-corrected chi connectivity index (χ1v) is 9.90. The van der Waals surface area contributed by atoms with Gasteiger partial charge in [-0.2, -0.15) is 5.10 Å². The topological polar surface area (TPSA) is 60.1 Å². The van der Waals surface area contributed by atoms with Gasteiger partial charge in [0, 0.05) is 24.5 Å². The molecule has 1 fully saturated rings. The molecule has 0 spiro atoms. The normalized spacial score (nSPS) is 14.6. The van der Waals surface area contributed by atoms with Crippen LogP contribution < -0.4 is 5.56 Å². The van der Waals surface area contributed by atoms with E-state index in [0.717, 1.165) is 60.2 Å². The Morgan fingerprint density at radius 2 is 1.71 bits per heavy atom. The molecule has 1 aliphatic rings. The van der Waals surface area contributed by atoms with E-state index >= 15 is 0 Å². The first-order chi connectivity index (χ1) is 13.5. The number of carbonyl (C=O) groups excluding carboxylic acids is 1. The molecule has 0 saturated carbocycles. The largest absolute Gasteiger partial charge is 0.341 e. The number of pyridine rings is 1. The summed E-state index contributed by atoms with van der Waals surface area (Å²) in [6.07, 6.45) is 3.23. The van der Waals surface area contributed by atoms with Gasteiger partial charge in [0.2, 0.25) is 5.91 Å². The monoisotopic (exact) mass is 378 g/mol. The molecule has 1 saturated heterocycles. The van der Waals surface area contributed by atoms with Crippen molar-refractivity contribution in [2.45, 2.75) is 46.6 Å². The number of amides is 1. The van der Waals surface area contributed by atoms with Gasteiger partial charge in [-0.15, -0.1) is 0 Å². The van der Waals surface area contributed by atoms with Crippen molar-refractivity contribution >= 4 is 16.9 Å². The number of fused-ring (bicyclic) bond motifs is 1. The van der Waals surface area contributed by atoms with Gasteiger partial charge in [0.1, 0.15) is 12.2 Å². The average Bonchev–Trinajstić information content (AvgIpc) is 3.04.